The summed E-state index contributed by atoms with van der Waals surface area (Å²) in [4.78, 5) is 20.6. The van der Waals surface area contributed by atoms with Gasteiger partial charge in [0.2, 0.25) is 0 Å². The standard InChI is InChI=1S/C6H8N2.C6H4O2/c7-5-3-1-2-4-6(5)8;7-5-1-2-6(8)4-3-5/h1-4H,7-8H2;1-4H. The second kappa shape index (κ2) is 5.50. The SMILES string of the molecule is Nc1ccccc1N.O=C1C=CC(=O)C=C1. The van der Waals surface area contributed by atoms with Crippen LogP contribution in [-0.2, 0) is 9.59 Å². The molecule has 0 bridgehead atoms. The normalized spacial score (nSPS) is 13.2. The Hall–Kier alpha value is -2.36. The highest BCUT2D eigenvalue weighted by atomic mass is 16.1. The maximum absolute atomic E-state index is 10.3. The van der Waals surface area contributed by atoms with Crippen molar-refractivity contribution >= 4 is 22.9 Å². The molecule has 16 heavy (non-hydrogen) atoms. The summed E-state index contributed by atoms with van der Waals surface area (Å²) in [6.45, 7) is 0. The van der Waals surface area contributed by atoms with Gasteiger partial charge in [-0.2, -0.15) is 0 Å². The van der Waals surface area contributed by atoms with Gasteiger partial charge in [-0.3, -0.25) is 9.59 Å². The summed E-state index contributed by atoms with van der Waals surface area (Å²) >= 11 is 0. The van der Waals surface area contributed by atoms with E-state index in [4.69, 9.17) is 11.5 Å². The van der Waals surface area contributed by atoms with Gasteiger partial charge in [0.15, 0.2) is 11.6 Å². The van der Waals surface area contributed by atoms with E-state index in [0.29, 0.717) is 11.4 Å². The summed E-state index contributed by atoms with van der Waals surface area (Å²) in [6.07, 6.45) is 5.01. The van der Waals surface area contributed by atoms with Gasteiger partial charge in [-0.15, -0.1) is 0 Å². The molecule has 0 atom stereocenters. The van der Waals surface area contributed by atoms with E-state index in [9.17, 15) is 9.59 Å². The molecule has 82 valence electrons. The number of hydrogen-bond donors (Lipinski definition) is 2. The molecule has 0 heterocycles. The highest BCUT2D eigenvalue weighted by Crippen LogP contribution is 2.10. The number of benzene rings is 1. The van der Waals surface area contributed by atoms with Gasteiger partial charge in [0.1, 0.15) is 0 Å². The van der Waals surface area contributed by atoms with E-state index in [-0.39, 0.29) is 11.6 Å². The topological polar surface area (TPSA) is 86.2 Å². The predicted molar refractivity (Wildman–Crippen MR) is 63.6 cm³/mol. The lowest BCUT2D eigenvalue weighted by molar-refractivity contribution is -0.113. The second-order valence-corrected chi connectivity index (χ2v) is 3.10. The number of nitrogen functional groups attached to an aromatic ring is 2. The Morgan fingerprint density at radius 1 is 0.688 bits per heavy atom. The van der Waals surface area contributed by atoms with E-state index in [2.05, 4.69) is 0 Å². The molecule has 0 saturated carbocycles. The number of allylic oxidation sites excluding steroid dienone is 4. The first kappa shape index (κ1) is 11.7. The molecule has 0 unspecified atom stereocenters. The minimum Gasteiger partial charge on any atom is -0.397 e. The molecule has 1 aromatic rings. The van der Waals surface area contributed by atoms with Crippen LogP contribution < -0.4 is 11.5 Å². The molecule has 0 radical (unpaired) electrons. The Morgan fingerprint density at radius 2 is 1.00 bits per heavy atom. The van der Waals surface area contributed by atoms with Crippen molar-refractivity contribution in [1.29, 1.82) is 0 Å². The quantitative estimate of drug-likeness (QED) is 0.502. The van der Waals surface area contributed by atoms with Crippen LogP contribution in [0.4, 0.5) is 11.4 Å². The number of hydrogen-bond acceptors (Lipinski definition) is 4. The molecule has 1 aliphatic rings. The number of nitrogens with two attached hydrogens (primary N) is 2. The van der Waals surface area contributed by atoms with E-state index in [1.807, 2.05) is 12.1 Å². The molecule has 0 spiro atoms. The maximum Gasteiger partial charge on any atom is 0.178 e. The molecule has 4 nitrogen and oxygen atoms in total. The smallest absolute Gasteiger partial charge is 0.178 e. The van der Waals surface area contributed by atoms with Crippen LogP contribution in [0, 0.1) is 0 Å². The van der Waals surface area contributed by atoms with Crippen molar-refractivity contribution in [1.82, 2.24) is 0 Å². The third-order valence-corrected chi connectivity index (χ3v) is 1.82. The van der Waals surface area contributed by atoms with Crippen LogP contribution in [0.1, 0.15) is 0 Å². The largest absolute Gasteiger partial charge is 0.397 e. The average molecular weight is 216 g/mol. The number of carbonyl (C=O) groups is 2. The minimum atomic E-state index is -0.121. The molecule has 0 aromatic heterocycles. The Morgan fingerprint density at radius 3 is 1.25 bits per heavy atom. The van der Waals surface area contributed by atoms with Crippen LogP contribution in [-0.4, -0.2) is 11.6 Å². The Balaban J connectivity index is 0.000000160. The van der Waals surface area contributed by atoms with Crippen molar-refractivity contribution in [3.05, 3.63) is 48.6 Å². The number of anilines is 2. The van der Waals surface area contributed by atoms with Gasteiger partial charge in [0.05, 0.1) is 11.4 Å². The molecular weight excluding hydrogens is 204 g/mol. The van der Waals surface area contributed by atoms with Crippen LogP contribution in [0.15, 0.2) is 48.6 Å². The Labute approximate surface area is 93.2 Å². The second-order valence-electron chi connectivity index (χ2n) is 3.10. The van der Waals surface area contributed by atoms with Gasteiger partial charge in [-0.1, -0.05) is 12.1 Å². The number of ketones is 2. The summed E-state index contributed by atoms with van der Waals surface area (Å²) in [5.74, 6) is -0.241. The Bertz CT molecular complexity index is 403. The maximum atomic E-state index is 10.3. The first-order chi connectivity index (χ1) is 7.59. The van der Waals surface area contributed by atoms with Crippen molar-refractivity contribution < 1.29 is 9.59 Å². The van der Waals surface area contributed by atoms with Crippen molar-refractivity contribution in [3.8, 4) is 0 Å². The van der Waals surface area contributed by atoms with E-state index < -0.39 is 0 Å². The summed E-state index contributed by atoms with van der Waals surface area (Å²) < 4.78 is 0. The van der Waals surface area contributed by atoms with E-state index in [0.717, 1.165) is 0 Å². The van der Waals surface area contributed by atoms with Gasteiger partial charge in [0, 0.05) is 0 Å². The van der Waals surface area contributed by atoms with Crippen LogP contribution in [0.25, 0.3) is 0 Å². The fourth-order valence-electron chi connectivity index (χ4n) is 0.951. The van der Waals surface area contributed by atoms with E-state index in [1.54, 1.807) is 12.1 Å². The van der Waals surface area contributed by atoms with Crippen molar-refractivity contribution in [2.24, 2.45) is 0 Å². The zero-order valence-corrected chi connectivity index (χ0v) is 8.59. The molecular formula is C12H12N2O2. The highest BCUT2D eigenvalue weighted by molar-refractivity contribution is 6.14. The molecule has 0 fully saturated rings. The third-order valence-electron chi connectivity index (χ3n) is 1.82. The minimum absolute atomic E-state index is 0.121. The van der Waals surface area contributed by atoms with Crippen molar-refractivity contribution in [3.63, 3.8) is 0 Å². The molecule has 0 aliphatic heterocycles. The zero-order chi connectivity index (χ0) is 12.0. The van der Waals surface area contributed by atoms with Crippen LogP contribution in [0.3, 0.4) is 0 Å². The Kier molecular flexibility index (Phi) is 4.03. The summed E-state index contributed by atoms with van der Waals surface area (Å²) in [5.41, 5.74) is 12.1. The predicted octanol–water partition coefficient (Wildman–Crippen LogP) is 1.10. The number of para-hydroxylation sites is 2. The average Bonchev–Trinajstić information content (AvgIpc) is 2.28. The van der Waals surface area contributed by atoms with Crippen LogP contribution in [0.2, 0.25) is 0 Å². The van der Waals surface area contributed by atoms with Crippen LogP contribution in [0.5, 0.6) is 0 Å². The summed E-state index contributed by atoms with van der Waals surface area (Å²) in [5, 5.41) is 0. The molecule has 1 aliphatic carbocycles. The highest BCUT2D eigenvalue weighted by Gasteiger charge is 1.97. The summed E-state index contributed by atoms with van der Waals surface area (Å²) in [7, 11) is 0. The van der Waals surface area contributed by atoms with Gasteiger partial charge in [-0.25, -0.2) is 0 Å². The lowest BCUT2D eigenvalue weighted by atomic mass is 10.2. The van der Waals surface area contributed by atoms with Gasteiger partial charge < -0.3 is 11.5 Å². The molecule has 4 heteroatoms. The molecule has 0 amide bonds. The zero-order valence-electron chi connectivity index (χ0n) is 8.59. The molecule has 1 aromatic carbocycles. The van der Waals surface area contributed by atoms with E-state index in [1.165, 1.54) is 24.3 Å². The van der Waals surface area contributed by atoms with Gasteiger partial charge >= 0.3 is 0 Å². The fourth-order valence-corrected chi connectivity index (χ4v) is 0.951. The van der Waals surface area contributed by atoms with Crippen molar-refractivity contribution in [2.45, 2.75) is 0 Å². The lowest BCUT2D eigenvalue weighted by Gasteiger charge is -1.94. The molecule has 4 N–H and O–H groups in total. The third kappa shape index (κ3) is 3.79. The number of rotatable bonds is 0. The van der Waals surface area contributed by atoms with Gasteiger partial charge in [0.25, 0.3) is 0 Å². The monoisotopic (exact) mass is 216 g/mol. The van der Waals surface area contributed by atoms with Crippen LogP contribution >= 0.6 is 0 Å². The summed E-state index contributed by atoms with van der Waals surface area (Å²) in [6, 6.07) is 7.25. The van der Waals surface area contributed by atoms with Crippen molar-refractivity contribution in [2.75, 3.05) is 11.5 Å². The lowest BCUT2D eigenvalue weighted by Crippen LogP contribution is -1.97. The number of carbonyl (C=O) groups excluding carboxylic acids is 2. The van der Waals surface area contributed by atoms with E-state index >= 15 is 0 Å². The molecule has 2 rings (SSSR count). The molecule has 0 saturated heterocycles. The fraction of sp³-hybridized carbons (Fsp3) is 0. The first-order valence-corrected chi connectivity index (χ1v) is 4.63. The van der Waals surface area contributed by atoms with Gasteiger partial charge in [-0.05, 0) is 36.4 Å². The first-order valence-electron chi connectivity index (χ1n) is 4.63.